The topological polar surface area (TPSA) is 106 Å². The zero-order chi connectivity index (χ0) is 23.4. The highest BCUT2D eigenvalue weighted by atomic mass is 35.5. The van der Waals surface area contributed by atoms with Crippen molar-refractivity contribution in [2.75, 3.05) is 0 Å². The molecule has 1 atom stereocenters. The maximum Gasteiger partial charge on any atom is 0.252 e. The number of hydrogen-bond acceptors (Lipinski definition) is 6. The Kier molecular flexibility index (Phi) is 6.54. The van der Waals surface area contributed by atoms with Gasteiger partial charge in [0.2, 0.25) is 0 Å². The molecule has 4 aromatic rings. The number of carbonyl (C=O) groups excluding carboxylic acids is 1. The molecule has 0 fully saturated rings. The third-order valence-corrected chi connectivity index (χ3v) is 5.06. The minimum Gasteiger partial charge on any atom is -0.457 e. The van der Waals surface area contributed by atoms with Crippen molar-refractivity contribution in [2.24, 2.45) is 0 Å². The summed E-state index contributed by atoms with van der Waals surface area (Å²) in [6.45, 7) is 1.78. The average Bonchev–Trinajstić information content (AvgIpc) is 3.30. The Morgan fingerprint density at radius 2 is 1.85 bits per heavy atom. The van der Waals surface area contributed by atoms with E-state index < -0.39 is 6.04 Å². The van der Waals surface area contributed by atoms with Crippen LogP contribution in [-0.2, 0) is 0 Å². The fourth-order valence-electron chi connectivity index (χ4n) is 3.04. The summed E-state index contributed by atoms with van der Waals surface area (Å²) in [5, 5.41) is 17.0. The molecule has 0 radical (unpaired) electrons. The molecule has 0 saturated heterocycles. The Labute approximate surface area is 199 Å². The second-order valence-corrected chi connectivity index (χ2v) is 7.85. The minimum atomic E-state index is -0.503. The highest BCUT2D eigenvalue weighted by Gasteiger charge is 2.19. The van der Waals surface area contributed by atoms with Gasteiger partial charge in [-0.25, -0.2) is 9.97 Å². The molecule has 0 unspecified atom stereocenters. The van der Waals surface area contributed by atoms with Crippen molar-refractivity contribution in [1.29, 1.82) is 5.26 Å². The lowest BCUT2D eigenvalue weighted by molar-refractivity contribution is 0.0937. The lowest BCUT2D eigenvalue weighted by Crippen LogP contribution is -2.28. The number of halogens is 2. The van der Waals surface area contributed by atoms with Gasteiger partial charge in [0.05, 0.1) is 11.6 Å². The smallest absolute Gasteiger partial charge is 0.252 e. The molecule has 164 valence electrons. The van der Waals surface area contributed by atoms with Crippen molar-refractivity contribution in [1.82, 2.24) is 25.1 Å². The number of nitriles is 1. The van der Waals surface area contributed by atoms with Gasteiger partial charge in [0.15, 0.2) is 11.6 Å². The molecular weight excluding hydrogens is 463 g/mol. The third kappa shape index (κ3) is 5.29. The van der Waals surface area contributed by atoms with Gasteiger partial charge in [-0.3, -0.25) is 4.79 Å². The fraction of sp³-hybridized carbons (Fsp3) is 0.0870. The first kappa shape index (κ1) is 22.3. The van der Waals surface area contributed by atoms with Crippen LogP contribution in [0, 0.1) is 11.3 Å². The maximum absolute atomic E-state index is 12.9. The van der Waals surface area contributed by atoms with Crippen LogP contribution in [0.5, 0.6) is 11.5 Å². The Balaban J connectivity index is 1.52. The summed E-state index contributed by atoms with van der Waals surface area (Å²) in [7, 11) is 0. The monoisotopic (exact) mass is 478 g/mol. The van der Waals surface area contributed by atoms with E-state index in [0.717, 1.165) is 0 Å². The summed E-state index contributed by atoms with van der Waals surface area (Å²) in [6.07, 6.45) is 2.81. The second-order valence-electron chi connectivity index (χ2n) is 6.97. The summed E-state index contributed by atoms with van der Waals surface area (Å²) >= 11 is 12.1. The van der Waals surface area contributed by atoms with E-state index in [-0.39, 0.29) is 5.91 Å². The van der Waals surface area contributed by atoms with Crippen molar-refractivity contribution in [3.63, 3.8) is 0 Å². The number of ether oxygens (including phenoxy) is 1. The molecule has 0 saturated carbocycles. The number of nitrogens with one attached hydrogen (secondary N) is 1. The molecule has 0 bridgehead atoms. The van der Waals surface area contributed by atoms with Gasteiger partial charge in [0, 0.05) is 21.8 Å². The zero-order valence-electron chi connectivity index (χ0n) is 17.2. The summed E-state index contributed by atoms with van der Waals surface area (Å²) in [5.74, 6) is 1.55. The first-order valence-corrected chi connectivity index (χ1v) is 10.5. The predicted molar refractivity (Wildman–Crippen MR) is 123 cm³/mol. The van der Waals surface area contributed by atoms with Crippen LogP contribution in [0.4, 0.5) is 0 Å². The van der Waals surface area contributed by atoms with Crippen LogP contribution in [0.15, 0.2) is 67.1 Å². The Hall–Kier alpha value is -3.93. The highest BCUT2D eigenvalue weighted by Crippen LogP contribution is 2.27. The maximum atomic E-state index is 12.9. The molecule has 4 rings (SSSR count). The second kappa shape index (κ2) is 9.69. The molecule has 2 aromatic heterocycles. The van der Waals surface area contributed by atoms with Gasteiger partial charge in [0.25, 0.3) is 5.91 Å². The molecule has 1 N–H and O–H groups in total. The molecule has 1 amide bonds. The predicted octanol–water partition coefficient (Wildman–Crippen LogP) is 5.12. The van der Waals surface area contributed by atoms with E-state index in [1.807, 2.05) is 6.07 Å². The summed E-state index contributed by atoms with van der Waals surface area (Å²) < 4.78 is 7.30. The van der Waals surface area contributed by atoms with Crippen LogP contribution < -0.4 is 10.1 Å². The fourth-order valence-corrected chi connectivity index (χ4v) is 3.39. The van der Waals surface area contributed by atoms with E-state index >= 15 is 0 Å². The number of benzene rings is 2. The normalized spacial score (nSPS) is 11.5. The van der Waals surface area contributed by atoms with Crippen molar-refractivity contribution >= 4 is 29.1 Å². The standard InChI is InChI=1S/C23H16Cl2N6O2/c1-14(22-28-13-29-31(22)21-7-2-15(11-26)12-27-21)30-23(32)16-8-18(25)10-20(9-16)33-19-5-3-17(24)4-6-19/h2-10,12-14H,1H3,(H,30,32)/t14-/m0/s1. The summed E-state index contributed by atoms with van der Waals surface area (Å²) in [5.41, 5.74) is 0.750. The van der Waals surface area contributed by atoms with Gasteiger partial charge in [-0.05, 0) is 61.5 Å². The molecule has 10 heteroatoms. The van der Waals surface area contributed by atoms with Gasteiger partial charge in [-0.15, -0.1) is 0 Å². The Morgan fingerprint density at radius 1 is 1.06 bits per heavy atom. The van der Waals surface area contributed by atoms with Crippen LogP contribution in [0.3, 0.4) is 0 Å². The van der Waals surface area contributed by atoms with E-state index in [1.54, 1.807) is 61.5 Å². The number of pyridine rings is 1. The molecule has 0 aliphatic carbocycles. The Bertz CT molecular complexity index is 1330. The van der Waals surface area contributed by atoms with Crippen LogP contribution >= 0.6 is 23.2 Å². The summed E-state index contributed by atoms with van der Waals surface area (Å²) in [4.78, 5) is 21.4. The van der Waals surface area contributed by atoms with E-state index in [0.29, 0.717) is 44.3 Å². The van der Waals surface area contributed by atoms with Gasteiger partial charge >= 0.3 is 0 Å². The van der Waals surface area contributed by atoms with Crippen LogP contribution in [-0.4, -0.2) is 25.7 Å². The SMILES string of the molecule is C[C@H](NC(=O)c1cc(Cl)cc(Oc2ccc(Cl)cc2)c1)c1ncnn1-c1ccc(C#N)cn1. The summed E-state index contributed by atoms with van der Waals surface area (Å²) in [6, 6.07) is 16.4. The van der Waals surface area contributed by atoms with E-state index in [2.05, 4.69) is 20.4 Å². The Morgan fingerprint density at radius 3 is 2.55 bits per heavy atom. The molecule has 33 heavy (non-hydrogen) atoms. The van der Waals surface area contributed by atoms with Crippen molar-refractivity contribution in [2.45, 2.75) is 13.0 Å². The lowest BCUT2D eigenvalue weighted by Gasteiger charge is -2.15. The van der Waals surface area contributed by atoms with Crippen LogP contribution in [0.1, 0.15) is 34.7 Å². The number of aromatic nitrogens is 4. The molecule has 2 aromatic carbocycles. The van der Waals surface area contributed by atoms with Gasteiger partial charge in [0.1, 0.15) is 23.9 Å². The first-order chi connectivity index (χ1) is 15.9. The number of carbonyl (C=O) groups is 1. The third-order valence-electron chi connectivity index (χ3n) is 4.59. The molecular formula is C23H16Cl2N6O2. The molecule has 2 heterocycles. The van der Waals surface area contributed by atoms with E-state index in [4.69, 9.17) is 33.2 Å². The van der Waals surface area contributed by atoms with Crippen LogP contribution in [0.25, 0.3) is 5.82 Å². The van der Waals surface area contributed by atoms with Gasteiger partial charge < -0.3 is 10.1 Å². The van der Waals surface area contributed by atoms with E-state index in [9.17, 15) is 4.79 Å². The molecule has 0 spiro atoms. The van der Waals surface area contributed by atoms with Crippen LogP contribution in [0.2, 0.25) is 10.0 Å². The minimum absolute atomic E-state index is 0.320. The number of hydrogen-bond donors (Lipinski definition) is 1. The van der Waals surface area contributed by atoms with Gasteiger partial charge in [-0.2, -0.15) is 15.0 Å². The molecule has 0 aliphatic heterocycles. The van der Waals surface area contributed by atoms with Gasteiger partial charge in [-0.1, -0.05) is 23.2 Å². The van der Waals surface area contributed by atoms with E-state index in [1.165, 1.54) is 17.2 Å². The molecule has 8 nitrogen and oxygen atoms in total. The van der Waals surface area contributed by atoms with Crippen molar-refractivity contribution < 1.29 is 9.53 Å². The van der Waals surface area contributed by atoms with Crippen molar-refractivity contribution in [3.8, 4) is 23.4 Å². The highest BCUT2D eigenvalue weighted by molar-refractivity contribution is 6.31. The largest absolute Gasteiger partial charge is 0.457 e. The quantitative estimate of drug-likeness (QED) is 0.411. The average molecular weight is 479 g/mol. The zero-order valence-corrected chi connectivity index (χ0v) is 18.7. The first-order valence-electron chi connectivity index (χ1n) is 9.74. The number of nitrogens with zero attached hydrogens (tertiary/aromatic N) is 5. The number of amides is 1. The molecule has 0 aliphatic rings. The number of rotatable bonds is 6. The lowest BCUT2D eigenvalue weighted by atomic mass is 10.2. The van der Waals surface area contributed by atoms with Crippen molar-refractivity contribution in [3.05, 3.63) is 94.1 Å².